The van der Waals surface area contributed by atoms with Gasteiger partial charge in [0.05, 0.1) is 17.2 Å². The number of hydrogen-bond donors (Lipinski definition) is 2. The Hall–Kier alpha value is -4.96. The molecule has 1 fully saturated rings. The number of aromatic nitrogens is 4. The Balaban J connectivity index is 1.38. The highest BCUT2D eigenvalue weighted by Gasteiger charge is 2.28. The number of aromatic amines is 1. The van der Waals surface area contributed by atoms with Crippen molar-refractivity contribution in [2.24, 2.45) is 0 Å². The number of likely N-dealkylation sites (tertiary alicyclic amines) is 1. The van der Waals surface area contributed by atoms with Gasteiger partial charge in [0.1, 0.15) is 23.7 Å². The number of fused-ring (bicyclic) bond motifs is 3. The van der Waals surface area contributed by atoms with Crippen molar-refractivity contribution in [2.75, 3.05) is 13.1 Å². The Labute approximate surface area is 260 Å². The van der Waals surface area contributed by atoms with Crippen LogP contribution in [0.15, 0.2) is 63.9 Å². The van der Waals surface area contributed by atoms with E-state index < -0.39 is 5.76 Å². The maximum atomic E-state index is 13.7. The van der Waals surface area contributed by atoms with Gasteiger partial charge in [0.15, 0.2) is 5.82 Å². The number of allylic oxidation sites excluding steroid dienone is 1. The smallest absolute Gasteiger partial charge is 0.439 e. The number of aliphatic hydroxyl groups is 1. The largest absolute Gasteiger partial charge is 0.488 e. The van der Waals surface area contributed by atoms with Crippen LogP contribution in [0.1, 0.15) is 77.4 Å². The van der Waals surface area contributed by atoms with Crippen molar-refractivity contribution in [3.05, 3.63) is 105 Å². The lowest BCUT2D eigenvalue weighted by atomic mass is 9.88. The summed E-state index contributed by atoms with van der Waals surface area (Å²) in [4.78, 5) is 35.1. The molecule has 0 radical (unpaired) electrons. The number of carbonyl (C=O) groups excluding carboxylic acids is 1. The van der Waals surface area contributed by atoms with Crippen molar-refractivity contribution in [2.45, 2.75) is 59.2 Å². The van der Waals surface area contributed by atoms with Crippen LogP contribution in [0.2, 0.25) is 0 Å². The lowest BCUT2D eigenvalue weighted by Gasteiger charge is -2.29. The van der Waals surface area contributed by atoms with Crippen molar-refractivity contribution in [1.29, 1.82) is 0 Å². The molecule has 2 aromatic heterocycles. The summed E-state index contributed by atoms with van der Waals surface area (Å²) in [5.74, 6) is 1.33. The van der Waals surface area contributed by atoms with E-state index in [-0.39, 0.29) is 12.0 Å². The maximum absolute atomic E-state index is 13.7. The van der Waals surface area contributed by atoms with Crippen LogP contribution in [0.25, 0.3) is 27.9 Å². The molecule has 45 heavy (non-hydrogen) atoms. The van der Waals surface area contributed by atoms with E-state index in [9.17, 15) is 14.7 Å². The van der Waals surface area contributed by atoms with E-state index in [1.165, 1.54) is 0 Å². The van der Waals surface area contributed by atoms with Crippen LogP contribution < -0.4 is 10.5 Å². The molecule has 0 aliphatic carbocycles. The van der Waals surface area contributed by atoms with Gasteiger partial charge >= 0.3 is 5.76 Å². The third-order valence-electron chi connectivity index (χ3n) is 8.86. The number of ether oxygens (including phenoxy) is 1. The van der Waals surface area contributed by atoms with E-state index in [4.69, 9.17) is 14.2 Å². The van der Waals surface area contributed by atoms with Crippen molar-refractivity contribution < 1.29 is 19.2 Å². The van der Waals surface area contributed by atoms with E-state index in [1.54, 1.807) is 0 Å². The molecule has 230 valence electrons. The molecular weight excluding hydrogens is 570 g/mol. The van der Waals surface area contributed by atoms with Crippen LogP contribution in [0.5, 0.6) is 5.75 Å². The topological polar surface area (TPSA) is 126 Å². The summed E-state index contributed by atoms with van der Waals surface area (Å²) in [6.45, 7) is 7.48. The van der Waals surface area contributed by atoms with Gasteiger partial charge in [-0.25, -0.2) is 9.78 Å². The zero-order chi connectivity index (χ0) is 31.2. The average Bonchev–Trinajstić information content (AvgIpc) is 3.60. The van der Waals surface area contributed by atoms with Gasteiger partial charge in [0.25, 0.3) is 5.91 Å². The molecule has 3 aromatic carbocycles. The molecule has 0 bridgehead atoms. The number of aliphatic hydroxyl groups excluding tert-OH is 1. The summed E-state index contributed by atoms with van der Waals surface area (Å²) in [6, 6.07) is 18.0. The Morgan fingerprint density at radius 3 is 2.67 bits per heavy atom. The highest BCUT2D eigenvalue weighted by Crippen LogP contribution is 2.43. The summed E-state index contributed by atoms with van der Waals surface area (Å²) >= 11 is 0. The molecule has 2 N–H and O–H groups in total. The number of aryl methyl sites for hydroxylation is 2. The minimum Gasteiger partial charge on any atom is -0.488 e. The first kappa shape index (κ1) is 28.8. The lowest BCUT2D eigenvalue weighted by molar-refractivity contribution is 0.0548. The van der Waals surface area contributed by atoms with Gasteiger partial charge in [-0.1, -0.05) is 36.3 Å². The molecule has 4 heterocycles. The minimum atomic E-state index is -0.610. The van der Waals surface area contributed by atoms with Gasteiger partial charge in [-0.2, -0.15) is 0 Å². The Morgan fingerprint density at radius 2 is 1.91 bits per heavy atom. The molecule has 2 aliphatic heterocycles. The molecule has 0 saturated carbocycles. The number of amides is 1. The van der Waals surface area contributed by atoms with Crippen LogP contribution >= 0.6 is 0 Å². The zero-order valence-corrected chi connectivity index (χ0v) is 25.6. The molecular formula is C35H35N5O5. The summed E-state index contributed by atoms with van der Waals surface area (Å²) in [5, 5.41) is 13.9. The normalized spacial score (nSPS) is 16.2. The summed E-state index contributed by atoms with van der Waals surface area (Å²) in [7, 11) is 0. The Kier molecular flexibility index (Phi) is 7.37. The van der Waals surface area contributed by atoms with Gasteiger partial charge in [0.2, 0.25) is 0 Å². The highest BCUT2D eigenvalue weighted by molar-refractivity contribution is 6.05. The Morgan fingerprint density at radius 1 is 1.11 bits per heavy atom. The SMILES string of the molecule is CCCc1nc2c(C(=O)N3CCC(O)CC3)cccc2n1-c1ccc2c(c1)COc1cccc(C)c1/C2=C(\C)c1noc(=O)[nH]1. The quantitative estimate of drug-likeness (QED) is 0.274. The van der Waals surface area contributed by atoms with Crippen LogP contribution in [0.4, 0.5) is 0 Å². The maximum Gasteiger partial charge on any atom is 0.439 e. The fourth-order valence-corrected chi connectivity index (χ4v) is 6.59. The number of carbonyl (C=O) groups is 1. The van der Waals surface area contributed by atoms with Crippen molar-refractivity contribution in [3.8, 4) is 11.4 Å². The first-order valence-electron chi connectivity index (χ1n) is 15.5. The number of nitrogens with one attached hydrogen (secondary N) is 1. The molecule has 10 nitrogen and oxygen atoms in total. The molecule has 0 unspecified atom stereocenters. The third-order valence-corrected chi connectivity index (χ3v) is 8.86. The molecule has 1 saturated heterocycles. The summed E-state index contributed by atoms with van der Waals surface area (Å²) < 4.78 is 13.4. The predicted octanol–water partition coefficient (Wildman–Crippen LogP) is 5.43. The van der Waals surface area contributed by atoms with Crippen LogP contribution in [0.3, 0.4) is 0 Å². The van der Waals surface area contributed by atoms with Gasteiger partial charge in [-0.3, -0.25) is 18.9 Å². The number of piperidine rings is 1. The second-order valence-electron chi connectivity index (χ2n) is 11.8. The number of hydrogen-bond acceptors (Lipinski definition) is 7. The molecule has 2 aliphatic rings. The number of H-pyrrole nitrogens is 1. The molecule has 10 heteroatoms. The minimum absolute atomic E-state index is 0.0557. The molecule has 1 amide bonds. The standard InChI is InChI=1S/C35H35N5O5/c1-4-7-29-36-32-26(34(42)39-16-14-24(41)15-17-39)9-6-10-27(32)40(29)23-12-13-25-22(18-23)19-44-28-11-5-8-20(2)30(28)31(25)21(3)33-37-35(43)45-38-33/h5-6,8-13,18,24,41H,4,7,14-17,19H2,1-3H3,(H,37,38,43)/b31-21+. The van der Waals surface area contributed by atoms with E-state index in [1.807, 2.05) is 55.1 Å². The van der Waals surface area contributed by atoms with Gasteiger partial charge < -0.3 is 14.7 Å². The Bertz CT molecular complexity index is 2030. The van der Waals surface area contributed by atoms with Crippen molar-refractivity contribution in [3.63, 3.8) is 0 Å². The zero-order valence-electron chi connectivity index (χ0n) is 25.6. The number of imidazole rings is 1. The third kappa shape index (κ3) is 5.04. The molecule has 7 rings (SSSR count). The van der Waals surface area contributed by atoms with Crippen LogP contribution in [-0.4, -0.2) is 54.8 Å². The fourth-order valence-electron chi connectivity index (χ4n) is 6.59. The molecule has 5 aromatic rings. The second kappa shape index (κ2) is 11.5. The number of nitrogens with zero attached hydrogens (tertiary/aromatic N) is 4. The first-order chi connectivity index (χ1) is 21.8. The number of para-hydroxylation sites is 1. The molecule has 0 spiro atoms. The first-order valence-corrected chi connectivity index (χ1v) is 15.5. The predicted molar refractivity (Wildman–Crippen MR) is 170 cm³/mol. The summed E-state index contributed by atoms with van der Waals surface area (Å²) in [6.07, 6.45) is 2.44. The van der Waals surface area contributed by atoms with Gasteiger partial charge in [0, 0.05) is 36.3 Å². The van der Waals surface area contributed by atoms with Crippen LogP contribution in [-0.2, 0) is 13.0 Å². The summed E-state index contributed by atoms with van der Waals surface area (Å²) in [5.41, 5.74) is 8.63. The average molecular weight is 606 g/mol. The fraction of sp³-hybridized carbons (Fsp3) is 0.314. The van der Waals surface area contributed by atoms with E-state index in [0.717, 1.165) is 69.0 Å². The van der Waals surface area contributed by atoms with Crippen molar-refractivity contribution >= 4 is 28.1 Å². The van der Waals surface area contributed by atoms with E-state index >= 15 is 0 Å². The lowest BCUT2D eigenvalue weighted by Crippen LogP contribution is -2.40. The van der Waals surface area contributed by atoms with Crippen LogP contribution in [0, 0.1) is 6.92 Å². The van der Waals surface area contributed by atoms with E-state index in [0.29, 0.717) is 49.4 Å². The number of benzene rings is 3. The highest BCUT2D eigenvalue weighted by atomic mass is 16.5. The van der Waals surface area contributed by atoms with E-state index in [2.05, 4.69) is 39.8 Å². The van der Waals surface area contributed by atoms with Crippen molar-refractivity contribution in [1.82, 2.24) is 24.6 Å². The second-order valence-corrected chi connectivity index (χ2v) is 11.8. The van der Waals surface area contributed by atoms with Gasteiger partial charge in [-0.05, 0) is 85.7 Å². The number of rotatable bonds is 5. The monoisotopic (exact) mass is 605 g/mol. The molecule has 0 atom stereocenters. The van der Waals surface area contributed by atoms with Gasteiger partial charge in [-0.15, -0.1) is 0 Å².